The molecule has 112 valence electrons. The van der Waals surface area contributed by atoms with Crippen molar-refractivity contribution in [3.8, 4) is 0 Å². The highest BCUT2D eigenvalue weighted by Crippen LogP contribution is 2.27. The van der Waals surface area contributed by atoms with E-state index < -0.39 is 5.92 Å². The van der Waals surface area contributed by atoms with Crippen molar-refractivity contribution in [2.24, 2.45) is 7.05 Å². The summed E-state index contributed by atoms with van der Waals surface area (Å²) < 4.78 is 28.5. The maximum absolute atomic E-state index is 13.1. The van der Waals surface area contributed by atoms with Crippen LogP contribution < -0.4 is 0 Å². The predicted octanol–water partition coefficient (Wildman–Crippen LogP) is 2.66. The molecule has 2 rings (SSSR count). The number of nitrogens with zero attached hydrogens (tertiary/aromatic N) is 3. The van der Waals surface area contributed by atoms with E-state index in [9.17, 15) is 13.6 Å². The number of ketones is 1. The monoisotopic (exact) mass is 349 g/mol. The van der Waals surface area contributed by atoms with Crippen LogP contribution in [0.4, 0.5) is 8.78 Å². The molecule has 20 heavy (non-hydrogen) atoms. The summed E-state index contributed by atoms with van der Waals surface area (Å²) in [6.45, 7) is 2.45. The zero-order chi connectivity index (χ0) is 14.9. The summed E-state index contributed by atoms with van der Waals surface area (Å²) in [5, 5.41) is 4.21. The minimum Gasteiger partial charge on any atom is -0.297 e. The number of rotatable bonds is 5. The van der Waals surface area contributed by atoms with Crippen LogP contribution in [0.1, 0.15) is 35.9 Å². The van der Waals surface area contributed by atoms with E-state index in [1.165, 1.54) is 0 Å². The van der Waals surface area contributed by atoms with Gasteiger partial charge in [-0.1, -0.05) is 6.92 Å². The Bertz CT molecular complexity index is 516. The van der Waals surface area contributed by atoms with E-state index in [0.29, 0.717) is 18.8 Å². The molecule has 0 radical (unpaired) electrons. The Hall–Kier alpha value is -0.820. The Morgan fingerprint density at radius 2 is 2.20 bits per heavy atom. The second-order valence-corrected chi connectivity index (χ2v) is 5.93. The van der Waals surface area contributed by atoms with Crippen LogP contribution in [0.5, 0.6) is 0 Å². The minimum absolute atomic E-state index is 0.109. The fourth-order valence-electron chi connectivity index (χ4n) is 2.47. The van der Waals surface area contributed by atoms with Gasteiger partial charge in [-0.15, -0.1) is 0 Å². The Balaban J connectivity index is 1.96. The van der Waals surface area contributed by atoms with E-state index in [1.807, 2.05) is 6.92 Å². The molecule has 1 aromatic heterocycles. The first-order valence-electron chi connectivity index (χ1n) is 6.69. The lowest BCUT2D eigenvalue weighted by Crippen LogP contribution is -2.27. The topological polar surface area (TPSA) is 38.1 Å². The van der Waals surface area contributed by atoms with Gasteiger partial charge in [-0.2, -0.15) is 5.10 Å². The standard InChI is InChI=1S/C13H18BrF2N3O/c1-3-9-11(14)12(17-18(9)2)10(20)4-6-19-7-5-13(15,16)8-19/h3-8H2,1-2H3. The number of carbonyl (C=O) groups excluding carboxylic acids is 1. The van der Waals surface area contributed by atoms with Gasteiger partial charge in [0.05, 0.1) is 16.7 Å². The number of aryl methyl sites for hydroxylation is 1. The van der Waals surface area contributed by atoms with Crippen LogP contribution in [0.3, 0.4) is 0 Å². The van der Waals surface area contributed by atoms with Crippen molar-refractivity contribution in [3.05, 3.63) is 15.9 Å². The number of aromatic nitrogens is 2. The normalized spacial score (nSPS) is 18.6. The fourth-order valence-corrected chi connectivity index (χ4v) is 3.31. The third kappa shape index (κ3) is 3.25. The molecule has 1 saturated heterocycles. The van der Waals surface area contributed by atoms with Gasteiger partial charge >= 0.3 is 0 Å². The fraction of sp³-hybridized carbons (Fsp3) is 0.692. The van der Waals surface area contributed by atoms with Gasteiger partial charge in [0.25, 0.3) is 5.92 Å². The van der Waals surface area contributed by atoms with Crippen LogP contribution in [0.15, 0.2) is 4.47 Å². The Kier molecular flexibility index (Phi) is 4.59. The van der Waals surface area contributed by atoms with Gasteiger partial charge in [-0.3, -0.25) is 14.4 Å². The molecule has 0 N–H and O–H groups in total. The molecule has 1 fully saturated rings. The van der Waals surface area contributed by atoms with Gasteiger partial charge in [0.2, 0.25) is 0 Å². The van der Waals surface area contributed by atoms with Gasteiger partial charge in [-0.25, -0.2) is 8.78 Å². The maximum Gasteiger partial charge on any atom is 0.261 e. The molecule has 2 heterocycles. The van der Waals surface area contributed by atoms with Crippen LogP contribution in [0.2, 0.25) is 0 Å². The molecule has 0 spiro atoms. The number of hydrogen-bond donors (Lipinski definition) is 0. The molecule has 0 saturated carbocycles. The zero-order valence-corrected chi connectivity index (χ0v) is 13.2. The quantitative estimate of drug-likeness (QED) is 0.767. The van der Waals surface area contributed by atoms with Crippen molar-refractivity contribution in [2.75, 3.05) is 19.6 Å². The van der Waals surface area contributed by atoms with Crippen molar-refractivity contribution >= 4 is 21.7 Å². The van der Waals surface area contributed by atoms with E-state index >= 15 is 0 Å². The predicted molar refractivity (Wildman–Crippen MR) is 75.2 cm³/mol. The number of carbonyl (C=O) groups is 1. The Morgan fingerprint density at radius 1 is 1.50 bits per heavy atom. The molecule has 1 aliphatic rings. The second kappa shape index (κ2) is 5.89. The molecular weight excluding hydrogens is 332 g/mol. The lowest BCUT2D eigenvalue weighted by Gasteiger charge is -2.14. The smallest absolute Gasteiger partial charge is 0.261 e. The van der Waals surface area contributed by atoms with E-state index in [-0.39, 0.29) is 25.2 Å². The number of halogens is 3. The summed E-state index contributed by atoms with van der Waals surface area (Å²) in [5.74, 6) is -2.72. The molecule has 0 aromatic carbocycles. The number of alkyl halides is 2. The SMILES string of the molecule is CCc1c(Br)c(C(=O)CCN2CCC(F)(F)C2)nn1C. The number of hydrogen-bond acceptors (Lipinski definition) is 3. The van der Waals surface area contributed by atoms with Crippen LogP contribution >= 0.6 is 15.9 Å². The molecule has 1 aliphatic heterocycles. The first-order valence-corrected chi connectivity index (χ1v) is 7.48. The highest BCUT2D eigenvalue weighted by Gasteiger charge is 2.38. The molecule has 1 aromatic rings. The molecule has 7 heteroatoms. The minimum atomic E-state index is -2.61. The number of Topliss-reactive ketones (excluding diaryl/α,β-unsaturated/α-hetero) is 1. The van der Waals surface area contributed by atoms with Crippen molar-refractivity contribution in [3.63, 3.8) is 0 Å². The third-order valence-corrected chi connectivity index (χ3v) is 4.44. The third-order valence-electron chi connectivity index (χ3n) is 3.60. The summed E-state index contributed by atoms with van der Waals surface area (Å²) in [7, 11) is 1.79. The summed E-state index contributed by atoms with van der Waals surface area (Å²) in [5.41, 5.74) is 1.36. The summed E-state index contributed by atoms with van der Waals surface area (Å²) in [4.78, 5) is 13.8. The van der Waals surface area contributed by atoms with Gasteiger partial charge in [0.1, 0.15) is 5.69 Å². The van der Waals surface area contributed by atoms with Crippen molar-refractivity contribution in [1.82, 2.24) is 14.7 Å². The summed E-state index contributed by atoms with van der Waals surface area (Å²) in [6.07, 6.45) is 0.874. The lowest BCUT2D eigenvalue weighted by molar-refractivity contribution is 0.0121. The van der Waals surface area contributed by atoms with E-state index in [0.717, 1.165) is 16.6 Å². The highest BCUT2D eigenvalue weighted by molar-refractivity contribution is 9.10. The second-order valence-electron chi connectivity index (χ2n) is 5.14. The summed E-state index contributed by atoms with van der Waals surface area (Å²) in [6, 6.07) is 0. The van der Waals surface area contributed by atoms with Gasteiger partial charge in [0.15, 0.2) is 5.78 Å². The van der Waals surface area contributed by atoms with Crippen LogP contribution in [-0.4, -0.2) is 46.0 Å². The molecule has 0 bridgehead atoms. The van der Waals surface area contributed by atoms with Gasteiger partial charge in [0, 0.05) is 33.0 Å². The molecule has 0 unspecified atom stereocenters. The molecule has 0 amide bonds. The molecule has 0 atom stereocenters. The Morgan fingerprint density at radius 3 is 2.70 bits per heavy atom. The molecule has 4 nitrogen and oxygen atoms in total. The van der Waals surface area contributed by atoms with Crippen LogP contribution in [-0.2, 0) is 13.5 Å². The average molecular weight is 350 g/mol. The lowest BCUT2D eigenvalue weighted by atomic mass is 10.2. The molecular formula is C13H18BrF2N3O. The van der Waals surface area contributed by atoms with Gasteiger partial charge < -0.3 is 0 Å². The van der Waals surface area contributed by atoms with E-state index in [2.05, 4.69) is 21.0 Å². The van der Waals surface area contributed by atoms with Crippen LogP contribution in [0, 0.1) is 0 Å². The largest absolute Gasteiger partial charge is 0.297 e. The highest BCUT2D eigenvalue weighted by atomic mass is 79.9. The molecule has 0 aliphatic carbocycles. The Labute approximate surface area is 125 Å². The first-order chi connectivity index (χ1) is 9.34. The van der Waals surface area contributed by atoms with Crippen LogP contribution in [0.25, 0.3) is 0 Å². The van der Waals surface area contributed by atoms with Crippen molar-refractivity contribution in [2.45, 2.75) is 32.1 Å². The zero-order valence-electron chi connectivity index (χ0n) is 11.6. The van der Waals surface area contributed by atoms with E-state index in [4.69, 9.17) is 0 Å². The average Bonchev–Trinajstić information content (AvgIpc) is 2.86. The maximum atomic E-state index is 13.1. The number of likely N-dealkylation sites (tertiary alicyclic amines) is 1. The van der Waals surface area contributed by atoms with Crippen molar-refractivity contribution in [1.29, 1.82) is 0 Å². The van der Waals surface area contributed by atoms with Crippen molar-refractivity contribution < 1.29 is 13.6 Å². The summed E-state index contributed by atoms with van der Waals surface area (Å²) >= 11 is 3.40. The van der Waals surface area contributed by atoms with E-state index in [1.54, 1.807) is 16.6 Å². The van der Waals surface area contributed by atoms with Gasteiger partial charge in [-0.05, 0) is 22.4 Å². The first kappa shape index (κ1) is 15.6.